The Bertz CT molecular complexity index is 1620. The van der Waals surface area contributed by atoms with E-state index in [2.05, 4.69) is 4.98 Å². The Morgan fingerprint density at radius 1 is 0.921 bits per heavy atom. The van der Waals surface area contributed by atoms with E-state index < -0.39 is 5.41 Å². The largest absolute Gasteiger partial charge is 0.487 e. The molecule has 0 aliphatic rings. The van der Waals surface area contributed by atoms with E-state index in [0.717, 1.165) is 11.3 Å². The van der Waals surface area contributed by atoms with Gasteiger partial charge < -0.3 is 9.14 Å². The van der Waals surface area contributed by atoms with Crippen molar-refractivity contribution in [3.63, 3.8) is 0 Å². The van der Waals surface area contributed by atoms with Crippen LogP contribution >= 0.6 is 11.6 Å². The summed E-state index contributed by atoms with van der Waals surface area (Å²) in [5, 5.41) is 0.545. The second-order valence-corrected chi connectivity index (χ2v) is 10.5. The highest BCUT2D eigenvalue weighted by atomic mass is 35.5. The van der Waals surface area contributed by atoms with Gasteiger partial charge >= 0.3 is 0 Å². The summed E-state index contributed by atoms with van der Waals surface area (Å²) >= 11 is 6.09. The average molecular weight is 523 g/mol. The first-order valence-electron chi connectivity index (χ1n) is 12.4. The quantitative estimate of drug-likeness (QED) is 0.205. The molecule has 0 fully saturated rings. The third-order valence-corrected chi connectivity index (χ3v) is 6.57. The fourth-order valence-corrected chi connectivity index (χ4v) is 4.54. The fourth-order valence-electron chi connectivity index (χ4n) is 4.42. The molecule has 0 radical (unpaired) electrons. The molecule has 0 N–H and O–H groups in total. The van der Waals surface area contributed by atoms with E-state index in [9.17, 15) is 9.59 Å². The van der Waals surface area contributed by atoms with E-state index in [1.54, 1.807) is 47.1 Å². The van der Waals surface area contributed by atoms with Gasteiger partial charge in [-0.3, -0.25) is 14.6 Å². The van der Waals surface area contributed by atoms with Gasteiger partial charge in [-0.15, -0.1) is 0 Å². The lowest BCUT2D eigenvalue weighted by molar-refractivity contribution is 0.0861. The minimum absolute atomic E-state index is 0.0640. The van der Waals surface area contributed by atoms with Gasteiger partial charge in [0.05, 0.1) is 16.8 Å². The summed E-state index contributed by atoms with van der Waals surface area (Å²) in [5.74, 6) is 0.310. The van der Waals surface area contributed by atoms with Gasteiger partial charge in [-0.1, -0.05) is 68.8 Å². The molecular weight excluding hydrogens is 496 g/mol. The van der Waals surface area contributed by atoms with Crippen LogP contribution in [0.15, 0.2) is 97.3 Å². The van der Waals surface area contributed by atoms with Crippen LogP contribution in [0, 0.1) is 5.41 Å². The van der Waals surface area contributed by atoms with E-state index in [4.69, 9.17) is 16.3 Å². The Morgan fingerprint density at radius 2 is 1.63 bits per heavy atom. The molecule has 38 heavy (non-hydrogen) atoms. The Labute approximate surface area is 226 Å². The van der Waals surface area contributed by atoms with Crippen molar-refractivity contribution in [2.45, 2.75) is 27.4 Å². The van der Waals surface area contributed by atoms with Crippen LogP contribution in [0.5, 0.6) is 5.75 Å². The van der Waals surface area contributed by atoms with Gasteiger partial charge in [-0.05, 0) is 48.0 Å². The lowest BCUT2D eigenvalue weighted by atomic mass is 9.83. The van der Waals surface area contributed by atoms with Crippen LogP contribution in [0.1, 0.15) is 52.9 Å². The first-order chi connectivity index (χ1) is 18.2. The molecule has 0 unspecified atom stereocenters. The molecule has 3 heterocycles. The molecule has 5 rings (SSSR count). The summed E-state index contributed by atoms with van der Waals surface area (Å²) in [6, 6.07) is 25.6. The molecule has 0 aliphatic heterocycles. The molecule has 6 heteroatoms. The number of Topliss-reactive ketones (excluding diaryl/α,β-unsaturated/α-hetero) is 1. The van der Waals surface area contributed by atoms with E-state index in [1.807, 2.05) is 75.4 Å². The first-order valence-corrected chi connectivity index (χ1v) is 12.7. The molecule has 3 aromatic heterocycles. The minimum atomic E-state index is -0.684. The number of halogens is 1. The molecular formula is C32H27ClN2O3. The van der Waals surface area contributed by atoms with Crippen molar-refractivity contribution in [1.29, 1.82) is 0 Å². The molecule has 2 aromatic carbocycles. The lowest BCUT2D eigenvalue weighted by Gasteiger charge is -2.18. The monoisotopic (exact) mass is 522 g/mol. The van der Waals surface area contributed by atoms with Crippen LogP contribution in [0.4, 0.5) is 0 Å². The van der Waals surface area contributed by atoms with Crippen LogP contribution < -0.4 is 4.74 Å². The molecule has 0 spiro atoms. The number of benzene rings is 2. The maximum absolute atomic E-state index is 14.0. The standard InChI is InChI=1S/C32H27ClN2O3/c1-32(2,3)31(37)28-26-19-25(38-20-24-11-7-8-17-34-24)16-18-35(26)29(27(28)21-9-5-4-6-10-21)30(36)22-12-14-23(33)15-13-22/h4-19H,20H2,1-3H3. The zero-order valence-corrected chi connectivity index (χ0v) is 22.2. The molecule has 0 atom stereocenters. The lowest BCUT2D eigenvalue weighted by Crippen LogP contribution is -2.20. The van der Waals surface area contributed by atoms with Crippen molar-refractivity contribution in [2.75, 3.05) is 0 Å². The maximum Gasteiger partial charge on any atom is 0.210 e. The number of carbonyl (C=O) groups excluding carboxylic acids is 2. The second-order valence-electron chi connectivity index (χ2n) is 10.1. The predicted molar refractivity (Wildman–Crippen MR) is 150 cm³/mol. The zero-order valence-electron chi connectivity index (χ0n) is 21.4. The number of hydrogen-bond donors (Lipinski definition) is 0. The molecule has 0 aliphatic carbocycles. The molecule has 5 nitrogen and oxygen atoms in total. The van der Waals surface area contributed by atoms with Gasteiger partial charge in [0.2, 0.25) is 5.78 Å². The van der Waals surface area contributed by atoms with Crippen molar-refractivity contribution in [1.82, 2.24) is 9.38 Å². The van der Waals surface area contributed by atoms with E-state index in [-0.39, 0.29) is 18.2 Å². The number of ketones is 2. The van der Waals surface area contributed by atoms with Crippen LogP contribution in [-0.2, 0) is 6.61 Å². The van der Waals surface area contributed by atoms with Crippen LogP contribution in [0.2, 0.25) is 5.02 Å². The highest BCUT2D eigenvalue weighted by Gasteiger charge is 2.33. The SMILES string of the molecule is CC(C)(C)C(=O)c1c(-c2ccccc2)c(C(=O)c2ccc(Cl)cc2)n2ccc(OCc3ccccn3)cc12. The number of ether oxygens (including phenoxy) is 1. The Balaban J connectivity index is 1.75. The number of nitrogens with zero attached hydrogens (tertiary/aromatic N) is 2. The highest BCUT2D eigenvalue weighted by molar-refractivity contribution is 6.30. The fraction of sp³-hybridized carbons (Fsp3) is 0.156. The van der Waals surface area contributed by atoms with Gasteiger partial charge in [0.25, 0.3) is 0 Å². The summed E-state index contributed by atoms with van der Waals surface area (Å²) in [5.41, 5.74) is 3.50. The summed E-state index contributed by atoms with van der Waals surface area (Å²) in [4.78, 5) is 32.3. The molecule has 0 saturated carbocycles. The Kier molecular flexibility index (Phi) is 6.87. The smallest absolute Gasteiger partial charge is 0.210 e. The van der Waals surface area contributed by atoms with Crippen molar-refractivity contribution in [3.05, 3.63) is 125 Å². The zero-order chi connectivity index (χ0) is 26.9. The van der Waals surface area contributed by atoms with Crippen molar-refractivity contribution in [2.24, 2.45) is 5.41 Å². The van der Waals surface area contributed by atoms with Gasteiger partial charge in [0.1, 0.15) is 18.1 Å². The van der Waals surface area contributed by atoms with Gasteiger partial charge in [-0.2, -0.15) is 0 Å². The molecule has 5 aromatic rings. The first kappa shape index (κ1) is 25.4. The summed E-state index contributed by atoms with van der Waals surface area (Å²) in [7, 11) is 0. The highest BCUT2D eigenvalue weighted by Crippen LogP contribution is 2.39. The van der Waals surface area contributed by atoms with Crippen molar-refractivity contribution >= 4 is 28.7 Å². The van der Waals surface area contributed by atoms with Crippen LogP contribution in [-0.4, -0.2) is 21.0 Å². The molecule has 190 valence electrons. The summed E-state index contributed by atoms with van der Waals surface area (Å²) in [6.45, 7) is 5.93. The van der Waals surface area contributed by atoms with E-state index in [0.29, 0.717) is 38.7 Å². The maximum atomic E-state index is 14.0. The predicted octanol–water partition coefficient (Wildman–Crippen LogP) is 7.69. The third-order valence-electron chi connectivity index (χ3n) is 6.32. The molecule has 0 amide bonds. The Morgan fingerprint density at radius 3 is 2.29 bits per heavy atom. The second kappa shape index (κ2) is 10.3. The number of pyridine rings is 2. The van der Waals surface area contributed by atoms with Crippen molar-refractivity contribution in [3.8, 4) is 16.9 Å². The van der Waals surface area contributed by atoms with Gasteiger partial charge in [0.15, 0.2) is 5.78 Å². The van der Waals surface area contributed by atoms with Crippen molar-refractivity contribution < 1.29 is 14.3 Å². The Hall–Kier alpha value is -4.22. The number of carbonyl (C=O) groups is 2. The third kappa shape index (κ3) is 4.98. The number of fused-ring (bicyclic) bond motifs is 1. The number of aromatic nitrogens is 2. The van der Waals surface area contributed by atoms with Gasteiger partial charge in [0, 0.05) is 40.0 Å². The molecule has 0 bridgehead atoms. The van der Waals surface area contributed by atoms with E-state index in [1.165, 1.54) is 0 Å². The normalized spacial score (nSPS) is 11.5. The minimum Gasteiger partial charge on any atom is -0.487 e. The number of rotatable bonds is 7. The topological polar surface area (TPSA) is 60.7 Å². The average Bonchev–Trinajstić information content (AvgIpc) is 3.26. The molecule has 0 saturated heterocycles. The van der Waals surface area contributed by atoms with Crippen LogP contribution in [0.3, 0.4) is 0 Å². The number of hydrogen-bond acceptors (Lipinski definition) is 4. The van der Waals surface area contributed by atoms with Gasteiger partial charge in [-0.25, -0.2) is 0 Å². The summed E-state index contributed by atoms with van der Waals surface area (Å²) < 4.78 is 7.84. The van der Waals surface area contributed by atoms with Crippen LogP contribution in [0.25, 0.3) is 16.6 Å². The summed E-state index contributed by atoms with van der Waals surface area (Å²) in [6.07, 6.45) is 3.51. The van der Waals surface area contributed by atoms with E-state index >= 15 is 0 Å².